The van der Waals surface area contributed by atoms with E-state index in [1.54, 1.807) is 24.5 Å². The van der Waals surface area contributed by atoms with Crippen LogP contribution in [0.15, 0.2) is 33.4 Å². The van der Waals surface area contributed by atoms with E-state index in [0.717, 1.165) is 0 Å². The monoisotopic (exact) mass is 388 g/mol. The molecule has 150 valence electrons. The van der Waals surface area contributed by atoms with E-state index in [4.69, 9.17) is 13.7 Å². The predicted octanol–water partition coefficient (Wildman–Crippen LogP) is 0.635. The average molecular weight is 388 g/mol. The lowest BCUT2D eigenvalue weighted by molar-refractivity contribution is -0.141. The van der Waals surface area contributed by atoms with Gasteiger partial charge in [0.15, 0.2) is 5.76 Å². The quantitative estimate of drug-likeness (QED) is 0.773. The summed E-state index contributed by atoms with van der Waals surface area (Å²) in [5.74, 6) is 0.693. The van der Waals surface area contributed by atoms with Crippen LogP contribution in [-0.4, -0.2) is 61.3 Å². The fraction of sp³-hybridized carbons (Fsp3) is 0.526. The normalized spacial score (nSPS) is 22.8. The number of aromatic nitrogens is 1. The third-order valence-electron chi connectivity index (χ3n) is 5.16. The molecule has 2 fully saturated rings. The van der Waals surface area contributed by atoms with Gasteiger partial charge < -0.3 is 29.2 Å². The molecular weight excluding hydrogens is 364 g/mol. The van der Waals surface area contributed by atoms with Crippen molar-refractivity contribution in [2.24, 2.45) is 11.8 Å². The minimum Gasteiger partial charge on any atom is -0.461 e. The maximum Gasteiger partial charge on any atom is 0.227 e. The zero-order valence-corrected chi connectivity index (χ0v) is 15.6. The molecule has 0 spiro atoms. The molecule has 0 saturated carbocycles. The van der Waals surface area contributed by atoms with Crippen molar-refractivity contribution in [3.63, 3.8) is 0 Å². The second-order valence-corrected chi connectivity index (χ2v) is 7.10. The largest absolute Gasteiger partial charge is 0.461 e. The fourth-order valence-corrected chi connectivity index (χ4v) is 3.62. The molecule has 2 atom stereocenters. The number of rotatable bonds is 5. The third kappa shape index (κ3) is 4.26. The van der Waals surface area contributed by atoms with Crippen LogP contribution in [-0.2, 0) is 20.9 Å². The fourth-order valence-electron chi connectivity index (χ4n) is 3.62. The first-order chi connectivity index (χ1) is 13.7. The Kier molecular flexibility index (Phi) is 5.73. The lowest BCUT2D eigenvalue weighted by Gasteiger charge is -2.34. The summed E-state index contributed by atoms with van der Waals surface area (Å²) in [4.78, 5) is 27.1. The van der Waals surface area contributed by atoms with Gasteiger partial charge >= 0.3 is 0 Å². The molecule has 0 aliphatic carbocycles. The van der Waals surface area contributed by atoms with Crippen LogP contribution in [0.2, 0.25) is 0 Å². The van der Waals surface area contributed by atoms with Crippen LogP contribution in [0.3, 0.4) is 0 Å². The molecule has 0 unspecified atom stereocenters. The molecule has 2 N–H and O–H groups in total. The van der Waals surface area contributed by atoms with E-state index in [1.165, 1.54) is 0 Å². The molecule has 2 amide bonds. The lowest BCUT2D eigenvalue weighted by atomic mass is 9.88. The maximum absolute atomic E-state index is 12.7. The Balaban J connectivity index is 1.29. The number of amides is 2. The van der Waals surface area contributed by atoms with Gasteiger partial charge in [-0.1, -0.05) is 5.16 Å². The third-order valence-corrected chi connectivity index (χ3v) is 5.16. The van der Waals surface area contributed by atoms with Crippen molar-refractivity contribution < 1.29 is 23.3 Å². The predicted molar refractivity (Wildman–Crippen MR) is 97.9 cm³/mol. The van der Waals surface area contributed by atoms with Crippen LogP contribution >= 0.6 is 0 Å². The van der Waals surface area contributed by atoms with Gasteiger partial charge in [0.25, 0.3) is 0 Å². The molecule has 0 radical (unpaired) electrons. The van der Waals surface area contributed by atoms with Crippen molar-refractivity contribution >= 4 is 11.8 Å². The number of nitrogens with zero attached hydrogens (tertiary/aromatic N) is 2. The van der Waals surface area contributed by atoms with Crippen LogP contribution < -0.4 is 10.6 Å². The summed E-state index contributed by atoms with van der Waals surface area (Å²) in [5, 5.41) is 10.1. The second-order valence-electron chi connectivity index (χ2n) is 7.10. The molecule has 28 heavy (non-hydrogen) atoms. The maximum atomic E-state index is 12.7. The van der Waals surface area contributed by atoms with Crippen LogP contribution in [0.4, 0.5) is 0 Å². The number of morpholine rings is 1. The summed E-state index contributed by atoms with van der Waals surface area (Å²) < 4.78 is 15.8. The Hall–Kier alpha value is -2.65. The summed E-state index contributed by atoms with van der Waals surface area (Å²) in [7, 11) is 0. The van der Waals surface area contributed by atoms with Crippen molar-refractivity contribution in [3.05, 3.63) is 30.2 Å². The SMILES string of the molecule is O=C(NCc1cc(-c2ccco2)on1)[C@H]1CNC[C@@H](C(=O)N2CCOCC2)C1. The van der Waals surface area contributed by atoms with E-state index < -0.39 is 0 Å². The molecule has 0 aromatic carbocycles. The van der Waals surface area contributed by atoms with Crippen molar-refractivity contribution in [2.45, 2.75) is 13.0 Å². The van der Waals surface area contributed by atoms with E-state index >= 15 is 0 Å². The molecule has 0 bridgehead atoms. The van der Waals surface area contributed by atoms with Gasteiger partial charge in [0.2, 0.25) is 17.6 Å². The summed E-state index contributed by atoms with van der Waals surface area (Å²) in [6.07, 6.45) is 2.11. The molecule has 2 aromatic heterocycles. The Bertz CT molecular complexity index is 797. The highest BCUT2D eigenvalue weighted by Gasteiger charge is 2.33. The van der Waals surface area contributed by atoms with Crippen LogP contribution in [0, 0.1) is 11.8 Å². The van der Waals surface area contributed by atoms with E-state index in [-0.39, 0.29) is 30.2 Å². The van der Waals surface area contributed by atoms with Crippen molar-refractivity contribution in [1.29, 1.82) is 0 Å². The Morgan fingerprint density at radius 3 is 2.82 bits per heavy atom. The first kappa shape index (κ1) is 18.7. The van der Waals surface area contributed by atoms with Crippen LogP contribution in [0.1, 0.15) is 12.1 Å². The molecular formula is C19H24N4O5. The standard InChI is InChI=1S/C19H24N4O5/c24-18(21-12-15-9-17(28-22-15)16-2-1-5-27-16)13-8-14(11-20-10-13)19(25)23-3-6-26-7-4-23/h1-2,5,9,13-14,20H,3-4,6-8,10-12H2,(H,21,24)/t13-,14+/m1/s1. The van der Waals surface area contributed by atoms with Gasteiger partial charge in [-0.3, -0.25) is 9.59 Å². The molecule has 2 aliphatic heterocycles. The molecule has 9 nitrogen and oxygen atoms in total. The van der Waals surface area contributed by atoms with Crippen LogP contribution in [0.5, 0.6) is 0 Å². The Morgan fingerprint density at radius 2 is 2.04 bits per heavy atom. The first-order valence-corrected chi connectivity index (χ1v) is 9.55. The van der Waals surface area contributed by atoms with Gasteiger partial charge in [-0.2, -0.15) is 0 Å². The van der Waals surface area contributed by atoms with Crippen LogP contribution in [0.25, 0.3) is 11.5 Å². The molecule has 4 heterocycles. The number of hydrogen-bond donors (Lipinski definition) is 2. The molecule has 2 aromatic rings. The topological polar surface area (TPSA) is 110 Å². The Labute approximate surface area is 162 Å². The van der Waals surface area contributed by atoms with Crippen molar-refractivity contribution in [1.82, 2.24) is 20.7 Å². The molecule has 9 heteroatoms. The van der Waals surface area contributed by atoms with Crippen molar-refractivity contribution in [2.75, 3.05) is 39.4 Å². The number of ether oxygens (including phenoxy) is 1. The Morgan fingerprint density at radius 1 is 1.21 bits per heavy atom. The first-order valence-electron chi connectivity index (χ1n) is 9.55. The zero-order valence-electron chi connectivity index (χ0n) is 15.6. The van der Waals surface area contributed by atoms with Crippen molar-refractivity contribution in [3.8, 4) is 11.5 Å². The van der Waals surface area contributed by atoms with Gasteiger partial charge in [-0.15, -0.1) is 0 Å². The average Bonchev–Trinajstić information content (AvgIpc) is 3.44. The lowest BCUT2D eigenvalue weighted by Crippen LogP contribution is -2.51. The van der Waals surface area contributed by atoms with E-state index in [2.05, 4.69) is 15.8 Å². The summed E-state index contributed by atoms with van der Waals surface area (Å²) >= 11 is 0. The summed E-state index contributed by atoms with van der Waals surface area (Å²) in [5.41, 5.74) is 0.615. The van der Waals surface area contributed by atoms with Gasteiger partial charge in [0.05, 0.1) is 37.9 Å². The number of furan rings is 1. The smallest absolute Gasteiger partial charge is 0.227 e. The highest BCUT2D eigenvalue weighted by atomic mass is 16.5. The van der Waals surface area contributed by atoms with Gasteiger partial charge in [-0.25, -0.2) is 0 Å². The molecule has 2 aliphatic rings. The summed E-state index contributed by atoms with van der Waals surface area (Å²) in [6.45, 7) is 3.83. The second kappa shape index (κ2) is 8.57. The number of carbonyl (C=O) groups excluding carboxylic acids is 2. The highest BCUT2D eigenvalue weighted by molar-refractivity contribution is 5.83. The minimum absolute atomic E-state index is 0.0884. The molecule has 4 rings (SSSR count). The minimum atomic E-state index is -0.250. The van der Waals surface area contributed by atoms with Gasteiger partial charge in [-0.05, 0) is 18.6 Å². The van der Waals surface area contributed by atoms with Gasteiger partial charge in [0.1, 0.15) is 5.69 Å². The number of piperidine rings is 1. The van der Waals surface area contributed by atoms with E-state index in [0.29, 0.717) is 63.0 Å². The van der Waals surface area contributed by atoms with Gasteiger partial charge in [0, 0.05) is 32.2 Å². The highest BCUT2D eigenvalue weighted by Crippen LogP contribution is 2.22. The summed E-state index contributed by atoms with van der Waals surface area (Å²) in [6, 6.07) is 5.29. The zero-order chi connectivity index (χ0) is 19.3. The number of nitrogens with one attached hydrogen (secondary N) is 2. The molecule has 2 saturated heterocycles. The number of carbonyl (C=O) groups is 2. The number of hydrogen-bond acceptors (Lipinski definition) is 7. The van der Waals surface area contributed by atoms with E-state index in [1.807, 2.05) is 4.90 Å². The van der Waals surface area contributed by atoms with E-state index in [9.17, 15) is 9.59 Å².